The number of benzene rings is 2. The third kappa shape index (κ3) is 9.13. The zero-order valence-electron chi connectivity index (χ0n) is 37.5. The maximum atomic E-state index is 13.9. The second-order valence-electron chi connectivity index (χ2n) is 16.4. The van der Waals surface area contributed by atoms with E-state index in [9.17, 15) is 24.0 Å². The third-order valence-electron chi connectivity index (χ3n) is 11.7. The molecule has 7 N–H and O–H groups in total. The summed E-state index contributed by atoms with van der Waals surface area (Å²) in [4.78, 5) is 77.0. The lowest BCUT2D eigenvalue weighted by molar-refractivity contribution is -0.131. The maximum absolute atomic E-state index is 13.9. The van der Waals surface area contributed by atoms with Gasteiger partial charge in [-0.15, -0.1) is 0 Å². The van der Waals surface area contributed by atoms with Gasteiger partial charge in [0.2, 0.25) is 29.6 Å². The van der Waals surface area contributed by atoms with Crippen LogP contribution in [0.1, 0.15) is 92.2 Å². The molecule has 4 aromatic heterocycles. The van der Waals surface area contributed by atoms with Gasteiger partial charge in [-0.3, -0.25) is 48.9 Å². The molecule has 0 aliphatic carbocycles. The van der Waals surface area contributed by atoms with E-state index in [1.54, 1.807) is 52.7 Å². The minimum absolute atomic E-state index is 0.138. The second kappa shape index (κ2) is 19.0. The summed E-state index contributed by atoms with van der Waals surface area (Å²) < 4.78 is 25.0. The van der Waals surface area contributed by atoms with E-state index in [1.807, 2.05) is 41.9 Å². The van der Waals surface area contributed by atoms with Crippen molar-refractivity contribution in [1.82, 2.24) is 48.9 Å². The van der Waals surface area contributed by atoms with E-state index in [1.165, 1.54) is 0 Å². The number of ether oxygens (including phenoxy) is 3. The van der Waals surface area contributed by atoms with E-state index in [0.29, 0.717) is 115 Å². The van der Waals surface area contributed by atoms with Gasteiger partial charge in [0, 0.05) is 43.9 Å². The monoisotopic (exact) mass is 906 g/mol. The summed E-state index contributed by atoms with van der Waals surface area (Å²) in [5.41, 5.74) is 15.7. The molecule has 6 heterocycles. The van der Waals surface area contributed by atoms with Crippen molar-refractivity contribution in [2.75, 3.05) is 57.2 Å². The SMILES string of the molecule is CCn1nc(C)cc1C(=O)Nc1nc2cc(C(N)=O)cc(OCCCNC(=O)C3COCCN3C)c2n1CCC[C@H]1COc2cc(C(N)=O)cc3nc(NC(=O)c4cc(C)nn4CC)n1c23. The van der Waals surface area contributed by atoms with Gasteiger partial charge in [-0.1, -0.05) is 0 Å². The van der Waals surface area contributed by atoms with Crippen molar-refractivity contribution in [3.63, 3.8) is 0 Å². The zero-order chi connectivity index (χ0) is 46.8. The number of amides is 5. The number of aromatic nitrogens is 8. The molecule has 2 aliphatic rings. The van der Waals surface area contributed by atoms with Crippen molar-refractivity contribution in [2.45, 2.75) is 78.7 Å². The van der Waals surface area contributed by atoms with Crippen LogP contribution in [0.5, 0.6) is 11.5 Å². The summed E-state index contributed by atoms with van der Waals surface area (Å²) in [5.74, 6) is -1.19. The number of morpholine rings is 1. The quantitative estimate of drug-likeness (QED) is 0.0778. The molecular weight excluding hydrogens is 853 g/mol. The Morgan fingerprint density at radius 3 is 2.06 bits per heavy atom. The Morgan fingerprint density at radius 1 is 0.803 bits per heavy atom. The highest BCUT2D eigenvalue weighted by atomic mass is 16.5. The highest BCUT2D eigenvalue weighted by Crippen LogP contribution is 2.39. The normalized spacial score (nSPS) is 16.0. The Bertz CT molecular complexity index is 2860. The van der Waals surface area contributed by atoms with Gasteiger partial charge in [0.1, 0.15) is 46.6 Å². The molecule has 0 bridgehead atoms. The molecule has 2 aromatic carbocycles. The standard InChI is InChI=1S/C44H54N14O8/c1-6-56-31(16-24(3)52-56)41(62)50-43-48-29-18-26(38(45)59)20-34(65-14-9-11-47-40(61)33-23-64-15-13-54(33)5)36(29)55(43)12-8-10-28-22-66-35-21-27(39(46)60)19-30-37(35)58(28)44(49-30)51-42(63)32-17-25(4)53-57(32)7-2/h16-21,28,33H,6-15,22-23H2,1-5H3,(H2,45,59)(H2,46,60)(H,47,61)(H,48,50,62)(H,49,51,63)/t28-,33?/m0/s1. The fraction of sp³-hybridized carbons (Fsp3) is 0.432. The lowest BCUT2D eigenvalue weighted by Gasteiger charge is -2.31. The van der Waals surface area contributed by atoms with Gasteiger partial charge < -0.3 is 40.1 Å². The molecule has 22 heteroatoms. The molecule has 5 amide bonds. The summed E-state index contributed by atoms with van der Waals surface area (Å²) in [5, 5.41) is 17.8. The first-order valence-electron chi connectivity index (χ1n) is 22.0. The predicted octanol–water partition coefficient (Wildman–Crippen LogP) is 2.77. The minimum Gasteiger partial charge on any atom is -0.491 e. The molecule has 0 spiro atoms. The molecule has 6 aromatic rings. The summed E-state index contributed by atoms with van der Waals surface area (Å²) in [7, 11) is 1.88. The van der Waals surface area contributed by atoms with E-state index >= 15 is 0 Å². The van der Waals surface area contributed by atoms with Gasteiger partial charge in [-0.05, 0) is 90.4 Å². The van der Waals surface area contributed by atoms with Crippen LogP contribution in [0.4, 0.5) is 11.9 Å². The van der Waals surface area contributed by atoms with Crippen LogP contribution in [0.25, 0.3) is 22.1 Å². The van der Waals surface area contributed by atoms with Gasteiger partial charge in [-0.25, -0.2) is 9.97 Å². The number of aryl methyl sites for hydroxylation is 5. The number of anilines is 2. The summed E-state index contributed by atoms with van der Waals surface area (Å²) in [6, 6.07) is 8.88. The van der Waals surface area contributed by atoms with Gasteiger partial charge in [0.05, 0.1) is 48.3 Å². The Morgan fingerprint density at radius 2 is 1.42 bits per heavy atom. The fourth-order valence-electron chi connectivity index (χ4n) is 8.46. The molecule has 0 radical (unpaired) electrons. The number of hydrogen-bond acceptors (Lipinski definition) is 13. The number of nitrogens with one attached hydrogen (secondary N) is 3. The molecule has 2 atom stereocenters. The van der Waals surface area contributed by atoms with E-state index in [4.69, 9.17) is 35.6 Å². The molecule has 2 aliphatic heterocycles. The molecule has 1 fully saturated rings. The number of nitrogens with two attached hydrogens (primary N) is 2. The van der Waals surface area contributed by atoms with Crippen LogP contribution >= 0.6 is 0 Å². The van der Waals surface area contributed by atoms with Crippen molar-refractivity contribution in [2.24, 2.45) is 11.5 Å². The molecule has 1 unspecified atom stereocenters. The average Bonchev–Trinajstić information content (AvgIpc) is 4.07. The number of carbonyl (C=O) groups excluding carboxylic acids is 5. The van der Waals surface area contributed by atoms with Crippen LogP contribution in [-0.4, -0.2) is 126 Å². The number of imidazole rings is 2. The Labute approximate surface area is 378 Å². The molecule has 22 nitrogen and oxygen atoms in total. The Hall–Kier alpha value is -7.33. The molecule has 1 saturated heterocycles. The van der Waals surface area contributed by atoms with Crippen molar-refractivity contribution in [1.29, 1.82) is 0 Å². The number of rotatable bonds is 18. The van der Waals surface area contributed by atoms with Crippen molar-refractivity contribution >= 4 is 63.5 Å². The topological polar surface area (TPSA) is 276 Å². The van der Waals surface area contributed by atoms with Gasteiger partial charge in [-0.2, -0.15) is 10.2 Å². The van der Waals surface area contributed by atoms with E-state index in [2.05, 4.69) is 26.1 Å². The Balaban J connectivity index is 1.10. The van der Waals surface area contributed by atoms with Crippen molar-refractivity contribution in [3.05, 3.63) is 70.3 Å². The van der Waals surface area contributed by atoms with E-state index < -0.39 is 23.6 Å². The number of primary amides is 2. The Kier molecular flexibility index (Phi) is 13.0. The van der Waals surface area contributed by atoms with Crippen molar-refractivity contribution in [3.8, 4) is 11.5 Å². The van der Waals surface area contributed by atoms with Gasteiger partial charge >= 0.3 is 0 Å². The molecule has 8 rings (SSSR count). The van der Waals surface area contributed by atoms with Crippen LogP contribution in [0, 0.1) is 13.8 Å². The summed E-state index contributed by atoms with van der Waals surface area (Å²) in [6.07, 6.45) is 1.38. The van der Waals surface area contributed by atoms with Gasteiger partial charge in [0.15, 0.2) is 0 Å². The number of nitrogens with zero attached hydrogens (tertiary/aromatic N) is 9. The average molecular weight is 907 g/mol. The molecular formula is C44H54N14O8. The second-order valence-corrected chi connectivity index (χ2v) is 16.4. The summed E-state index contributed by atoms with van der Waals surface area (Å²) in [6.45, 7) is 10.8. The van der Waals surface area contributed by atoms with Crippen LogP contribution < -0.4 is 36.9 Å². The first-order valence-corrected chi connectivity index (χ1v) is 22.0. The lowest BCUT2D eigenvalue weighted by Crippen LogP contribution is -2.52. The minimum atomic E-state index is -0.695. The lowest BCUT2D eigenvalue weighted by atomic mass is 10.1. The van der Waals surface area contributed by atoms with E-state index in [-0.39, 0.29) is 60.8 Å². The largest absolute Gasteiger partial charge is 0.491 e. The molecule has 348 valence electrons. The zero-order valence-corrected chi connectivity index (χ0v) is 37.5. The van der Waals surface area contributed by atoms with Crippen molar-refractivity contribution < 1.29 is 38.2 Å². The first-order chi connectivity index (χ1) is 31.7. The molecule has 66 heavy (non-hydrogen) atoms. The number of carbonyl (C=O) groups is 5. The highest BCUT2D eigenvalue weighted by molar-refractivity contribution is 6.05. The van der Waals surface area contributed by atoms with E-state index in [0.717, 1.165) is 0 Å². The van der Waals surface area contributed by atoms with Gasteiger partial charge in [0.25, 0.3) is 11.8 Å². The number of fused-ring (bicyclic) bond motifs is 1. The van der Waals surface area contributed by atoms with Crippen LogP contribution in [-0.2, 0) is 29.2 Å². The number of hydrogen-bond donors (Lipinski definition) is 5. The van der Waals surface area contributed by atoms with Crippen LogP contribution in [0.2, 0.25) is 0 Å². The third-order valence-corrected chi connectivity index (χ3v) is 11.7. The van der Waals surface area contributed by atoms with Crippen LogP contribution in [0.3, 0.4) is 0 Å². The summed E-state index contributed by atoms with van der Waals surface area (Å²) >= 11 is 0. The highest BCUT2D eigenvalue weighted by Gasteiger charge is 2.31. The van der Waals surface area contributed by atoms with Crippen LogP contribution in [0.15, 0.2) is 36.4 Å². The smallest absolute Gasteiger partial charge is 0.276 e. The predicted molar refractivity (Wildman–Crippen MR) is 242 cm³/mol. The first kappa shape index (κ1) is 45.2. The molecule has 0 saturated carbocycles. The number of likely N-dealkylation sites (N-methyl/N-ethyl adjacent to an activating group) is 1. The fourth-order valence-corrected chi connectivity index (χ4v) is 8.46. The maximum Gasteiger partial charge on any atom is 0.276 e.